The lowest BCUT2D eigenvalue weighted by Crippen LogP contribution is -2.04. The molecule has 0 N–H and O–H groups in total. The molecule has 0 amide bonds. The lowest BCUT2D eigenvalue weighted by molar-refractivity contribution is 0.145. The summed E-state index contributed by atoms with van der Waals surface area (Å²) in [6.07, 6.45) is 1.22. The van der Waals surface area contributed by atoms with Crippen LogP contribution in [0.15, 0.2) is 48.9 Å². The summed E-state index contributed by atoms with van der Waals surface area (Å²) in [6.45, 7) is 1.62. The summed E-state index contributed by atoms with van der Waals surface area (Å²) in [5, 5.41) is 8.18. The summed E-state index contributed by atoms with van der Waals surface area (Å²) in [5.74, 6) is 0.177. The van der Waals surface area contributed by atoms with E-state index >= 15 is 0 Å². The van der Waals surface area contributed by atoms with Crippen LogP contribution in [-0.2, 0) is 12.8 Å². The quantitative estimate of drug-likeness (QED) is 0.449. The zero-order valence-corrected chi connectivity index (χ0v) is 16.4. The zero-order valence-electron chi connectivity index (χ0n) is 16.4. The lowest BCUT2D eigenvalue weighted by atomic mass is 9.99. The Labute approximate surface area is 171 Å². The summed E-state index contributed by atoms with van der Waals surface area (Å²) in [6, 6.07) is 10.1. The predicted molar refractivity (Wildman–Crippen MR) is 106 cm³/mol. The Bertz CT molecular complexity index is 1210. The van der Waals surface area contributed by atoms with Crippen LogP contribution in [0.25, 0.3) is 16.8 Å². The molecule has 0 aliphatic rings. The number of methoxy groups -OCH3 is 1. The van der Waals surface area contributed by atoms with E-state index in [1.807, 2.05) is 12.1 Å². The van der Waals surface area contributed by atoms with E-state index in [1.54, 1.807) is 35.9 Å². The van der Waals surface area contributed by atoms with Gasteiger partial charge in [-0.2, -0.15) is 0 Å². The van der Waals surface area contributed by atoms with Crippen LogP contribution < -0.4 is 4.74 Å². The van der Waals surface area contributed by atoms with Crippen molar-refractivity contribution in [1.29, 1.82) is 0 Å². The number of halogens is 3. The molecule has 0 radical (unpaired) electrons. The second kappa shape index (κ2) is 8.14. The standard InChI is InChI=1S/C22H19F3N4O/c1-13-15(10-11-26-20(13)21(24)25)16-8-6-14(29-12-27-28-22(16)29)7-9-17-18(23)4-3-5-19(17)30-2/h3-6,8,10-12,21H,7,9H2,1-2H3. The molecule has 0 aliphatic heterocycles. The zero-order chi connectivity index (χ0) is 21.3. The van der Waals surface area contributed by atoms with Gasteiger partial charge >= 0.3 is 0 Å². The molecule has 5 nitrogen and oxygen atoms in total. The number of aromatic nitrogens is 4. The smallest absolute Gasteiger partial charge is 0.280 e. The molecule has 0 spiro atoms. The Morgan fingerprint density at radius 2 is 1.90 bits per heavy atom. The van der Waals surface area contributed by atoms with E-state index in [0.29, 0.717) is 46.5 Å². The largest absolute Gasteiger partial charge is 0.496 e. The summed E-state index contributed by atoms with van der Waals surface area (Å²) in [5.41, 5.74) is 3.37. The Hall–Kier alpha value is -3.42. The van der Waals surface area contributed by atoms with E-state index in [-0.39, 0.29) is 11.5 Å². The molecule has 4 rings (SSSR count). The maximum Gasteiger partial charge on any atom is 0.280 e. The molecule has 3 heterocycles. The van der Waals surface area contributed by atoms with Crippen molar-refractivity contribution in [2.75, 3.05) is 7.11 Å². The SMILES string of the molecule is COc1cccc(F)c1CCc1ccc(-c2ccnc(C(F)F)c2C)c2nncn12. The van der Waals surface area contributed by atoms with Crippen molar-refractivity contribution in [2.45, 2.75) is 26.2 Å². The first-order valence-corrected chi connectivity index (χ1v) is 9.38. The third-order valence-corrected chi connectivity index (χ3v) is 5.21. The average molecular weight is 412 g/mol. The molecule has 0 saturated carbocycles. The van der Waals surface area contributed by atoms with E-state index in [2.05, 4.69) is 15.2 Å². The molecule has 0 atom stereocenters. The van der Waals surface area contributed by atoms with E-state index in [4.69, 9.17) is 4.74 Å². The van der Waals surface area contributed by atoms with Gasteiger partial charge in [-0.25, -0.2) is 13.2 Å². The molecule has 0 fully saturated rings. The van der Waals surface area contributed by atoms with Crippen molar-refractivity contribution < 1.29 is 17.9 Å². The molecule has 154 valence electrons. The third kappa shape index (κ3) is 3.49. The number of hydrogen-bond acceptors (Lipinski definition) is 4. The molecular formula is C22H19F3N4O. The number of pyridine rings is 2. The molecule has 0 aliphatic carbocycles. The van der Waals surface area contributed by atoms with Gasteiger partial charge in [0, 0.05) is 23.0 Å². The molecule has 3 aromatic heterocycles. The number of aryl methyl sites for hydroxylation is 1. The molecule has 0 bridgehead atoms. The highest BCUT2D eigenvalue weighted by atomic mass is 19.3. The summed E-state index contributed by atoms with van der Waals surface area (Å²) >= 11 is 0. The van der Waals surface area contributed by atoms with Gasteiger partial charge in [0.2, 0.25) is 0 Å². The van der Waals surface area contributed by atoms with Gasteiger partial charge in [-0.15, -0.1) is 10.2 Å². The third-order valence-electron chi connectivity index (χ3n) is 5.21. The number of alkyl halides is 2. The molecular weight excluding hydrogens is 393 g/mol. The molecule has 4 aromatic rings. The maximum absolute atomic E-state index is 14.2. The van der Waals surface area contributed by atoms with Crippen molar-refractivity contribution in [2.24, 2.45) is 0 Å². The lowest BCUT2D eigenvalue weighted by Gasteiger charge is -2.13. The Balaban J connectivity index is 1.72. The topological polar surface area (TPSA) is 52.3 Å². The summed E-state index contributed by atoms with van der Waals surface area (Å²) < 4.78 is 47.8. The Kier molecular flexibility index (Phi) is 5.39. The van der Waals surface area contributed by atoms with Gasteiger partial charge < -0.3 is 4.74 Å². The summed E-state index contributed by atoms with van der Waals surface area (Å²) in [4.78, 5) is 3.80. The van der Waals surface area contributed by atoms with Crippen molar-refractivity contribution in [1.82, 2.24) is 19.6 Å². The maximum atomic E-state index is 14.2. The second-order valence-electron chi connectivity index (χ2n) is 6.85. The van der Waals surface area contributed by atoms with Crippen molar-refractivity contribution in [3.63, 3.8) is 0 Å². The number of benzene rings is 1. The highest BCUT2D eigenvalue weighted by Gasteiger charge is 2.18. The van der Waals surface area contributed by atoms with Gasteiger partial charge in [0.25, 0.3) is 6.43 Å². The van der Waals surface area contributed by atoms with E-state index in [1.165, 1.54) is 19.4 Å². The first-order chi connectivity index (χ1) is 14.5. The van der Waals surface area contributed by atoms with Crippen LogP contribution in [-0.4, -0.2) is 26.7 Å². The van der Waals surface area contributed by atoms with E-state index < -0.39 is 6.43 Å². The first-order valence-electron chi connectivity index (χ1n) is 9.38. The fourth-order valence-electron chi connectivity index (χ4n) is 3.67. The summed E-state index contributed by atoms with van der Waals surface area (Å²) in [7, 11) is 1.51. The van der Waals surface area contributed by atoms with E-state index in [9.17, 15) is 13.2 Å². The van der Waals surface area contributed by atoms with Gasteiger partial charge in [0.1, 0.15) is 23.6 Å². The fourth-order valence-corrected chi connectivity index (χ4v) is 3.67. The monoisotopic (exact) mass is 412 g/mol. The Morgan fingerprint density at radius 3 is 2.67 bits per heavy atom. The number of nitrogens with zero attached hydrogens (tertiary/aromatic N) is 4. The van der Waals surface area contributed by atoms with Crippen LogP contribution in [0.3, 0.4) is 0 Å². The predicted octanol–water partition coefficient (Wildman–Crippen LogP) is 4.97. The first kappa shape index (κ1) is 19.9. The van der Waals surface area contributed by atoms with Crippen LogP contribution in [0.1, 0.15) is 28.9 Å². The average Bonchev–Trinajstić information content (AvgIpc) is 3.23. The number of fused-ring (bicyclic) bond motifs is 1. The normalized spacial score (nSPS) is 11.4. The minimum absolute atomic E-state index is 0.249. The molecule has 0 unspecified atom stereocenters. The van der Waals surface area contributed by atoms with Gasteiger partial charge in [0.05, 0.1) is 7.11 Å². The van der Waals surface area contributed by atoms with Crippen molar-refractivity contribution in [3.05, 3.63) is 77.3 Å². The molecule has 0 saturated heterocycles. The molecule has 30 heavy (non-hydrogen) atoms. The van der Waals surface area contributed by atoms with Gasteiger partial charge in [-0.05, 0) is 61.2 Å². The van der Waals surface area contributed by atoms with Crippen molar-refractivity contribution in [3.8, 4) is 16.9 Å². The van der Waals surface area contributed by atoms with Gasteiger partial charge in [0.15, 0.2) is 5.65 Å². The number of rotatable bonds is 6. The number of hydrogen-bond donors (Lipinski definition) is 0. The molecule has 8 heteroatoms. The van der Waals surface area contributed by atoms with Crippen LogP contribution >= 0.6 is 0 Å². The number of ether oxygens (including phenoxy) is 1. The Morgan fingerprint density at radius 1 is 1.07 bits per heavy atom. The van der Waals surface area contributed by atoms with E-state index in [0.717, 1.165) is 5.69 Å². The minimum atomic E-state index is -2.66. The van der Waals surface area contributed by atoms with Crippen LogP contribution in [0.5, 0.6) is 5.75 Å². The second-order valence-corrected chi connectivity index (χ2v) is 6.85. The molecule has 1 aromatic carbocycles. The fraction of sp³-hybridized carbons (Fsp3) is 0.227. The highest BCUT2D eigenvalue weighted by molar-refractivity contribution is 5.79. The van der Waals surface area contributed by atoms with Crippen LogP contribution in [0.4, 0.5) is 13.2 Å². The van der Waals surface area contributed by atoms with Crippen LogP contribution in [0.2, 0.25) is 0 Å². The minimum Gasteiger partial charge on any atom is -0.496 e. The highest BCUT2D eigenvalue weighted by Crippen LogP contribution is 2.32. The van der Waals surface area contributed by atoms with Crippen molar-refractivity contribution >= 4 is 5.65 Å². The van der Waals surface area contributed by atoms with Gasteiger partial charge in [-0.1, -0.05) is 6.07 Å². The van der Waals surface area contributed by atoms with Crippen LogP contribution in [0, 0.1) is 12.7 Å². The van der Waals surface area contributed by atoms with Gasteiger partial charge in [-0.3, -0.25) is 9.38 Å².